The lowest BCUT2D eigenvalue weighted by molar-refractivity contribution is 0.0949. The number of hydrogen-bond donors (Lipinski definition) is 2. The van der Waals surface area contributed by atoms with Gasteiger partial charge < -0.3 is 14.1 Å². The Morgan fingerprint density at radius 3 is 2.80 bits per heavy atom. The summed E-state index contributed by atoms with van der Waals surface area (Å²) in [5, 5.41) is -0.179. The molecule has 2 N–H and O–H groups in total. The molecule has 132 valence electrons. The number of ether oxygens (including phenoxy) is 1. The fourth-order valence-electron chi connectivity index (χ4n) is 2.77. The number of fused-ring (bicyclic) bond motifs is 2. The lowest BCUT2D eigenvalue weighted by atomic mass is 9.95. The summed E-state index contributed by atoms with van der Waals surface area (Å²) in [5.41, 5.74) is -0.495. The minimum atomic E-state index is -0.640. The normalized spacial score (nSPS) is 13.8. The number of carbonyl (C=O) groups is 1. The predicted octanol–water partition coefficient (Wildman–Crippen LogP) is 2.72. The van der Waals surface area contributed by atoms with E-state index in [1.807, 2.05) is 0 Å². The molecule has 0 spiro atoms. The third-order valence-electron chi connectivity index (χ3n) is 4.00. The third-order valence-corrected chi connectivity index (χ3v) is 4.20. The summed E-state index contributed by atoms with van der Waals surface area (Å²) >= 11 is 4.86. The van der Waals surface area contributed by atoms with Gasteiger partial charge in [-0.25, -0.2) is 0 Å². The Balaban J connectivity index is 1.98. The van der Waals surface area contributed by atoms with Crippen molar-refractivity contribution in [1.29, 1.82) is 0 Å². The number of aromatic nitrogens is 2. The zero-order valence-electron chi connectivity index (χ0n) is 13.8. The molecule has 0 atom stereocenters. The zero-order valence-corrected chi connectivity index (χ0v) is 14.6. The van der Waals surface area contributed by atoms with Crippen molar-refractivity contribution < 1.29 is 13.9 Å². The predicted molar refractivity (Wildman–Crippen MR) is 95.6 cm³/mol. The van der Waals surface area contributed by atoms with Crippen LogP contribution < -0.4 is 11.0 Å². The van der Waals surface area contributed by atoms with Crippen molar-refractivity contribution in [2.75, 3.05) is 13.2 Å². The van der Waals surface area contributed by atoms with Gasteiger partial charge in [-0.3, -0.25) is 19.4 Å². The topological polar surface area (TPSA) is 105 Å². The maximum Gasteiger partial charge on any atom is 0.266 e. The number of ketones is 1. The number of aromatic amines is 2. The van der Waals surface area contributed by atoms with Crippen LogP contribution in [-0.2, 0) is 4.74 Å². The molecular weight excluding hydrogens is 344 g/mol. The van der Waals surface area contributed by atoms with E-state index in [9.17, 15) is 14.4 Å². The molecule has 0 aliphatic heterocycles. The van der Waals surface area contributed by atoms with E-state index in [1.165, 1.54) is 0 Å². The van der Waals surface area contributed by atoms with Crippen LogP contribution >= 0.6 is 12.2 Å². The molecule has 0 radical (unpaired) electrons. The minimum Gasteiger partial charge on any atom is -0.435 e. The van der Waals surface area contributed by atoms with Gasteiger partial charge in [-0.05, 0) is 30.3 Å². The quantitative estimate of drug-likeness (QED) is 0.605. The van der Waals surface area contributed by atoms with Crippen LogP contribution in [0, 0.1) is 4.77 Å². The van der Waals surface area contributed by atoms with Gasteiger partial charge in [0.1, 0.15) is 5.39 Å². The highest BCUT2D eigenvalue weighted by Crippen LogP contribution is 2.24. The molecule has 2 heterocycles. The molecule has 0 saturated carbocycles. The summed E-state index contributed by atoms with van der Waals surface area (Å²) in [4.78, 5) is 41.9. The smallest absolute Gasteiger partial charge is 0.266 e. The van der Waals surface area contributed by atoms with Crippen molar-refractivity contribution >= 4 is 35.2 Å². The van der Waals surface area contributed by atoms with Crippen LogP contribution in [-0.4, -0.2) is 29.0 Å². The molecule has 7 nitrogen and oxygen atoms in total. The second kappa shape index (κ2) is 7.28. The van der Waals surface area contributed by atoms with E-state index in [0.29, 0.717) is 12.2 Å². The SMILES string of the molecule is CCCCCOCC1=Cc2c(oc3[nH]c(=S)[nH]c(=O)c3c2=O)C(=O)C1. The molecule has 0 saturated heterocycles. The largest absolute Gasteiger partial charge is 0.435 e. The fraction of sp³-hybridized carbons (Fsp3) is 0.412. The third kappa shape index (κ3) is 3.54. The van der Waals surface area contributed by atoms with Crippen molar-refractivity contribution in [1.82, 2.24) is 9.97 Å². The second-order valence-corrected chi connectivity index (χ2v) is 6.36. The lowest BCUT2D eigenvalue weighted by Gasteiger charge is -2.14. The van der Waals surface area contributed by atoms with Crippen LogP contribution in [0.5, 0.6) is 0 Å². The Hall–Kier alpha value is -2.32. The maximum absolute atomic E-state index is 12.6. The van der Waals surface area contributed by atoms with Gasteiger partial charge >= 0.3 is 0 Å². The highest BCUT2D eigenvalue weighted by atomic mass is 32.1. The Morgan fingerprint density at radius 1 is 1.24 bits per heavy atom. The summed E-state index contributed by atoms with van der Waals surface area (Å²) in [6.45, 7) is 2.99. The van der Waals surface area contributed by atoms with Gasteiger partial charge in [-0.2, -0.15) is 0 Å². The van der Waals surface area contributed by atoms with Crippen molar-refractivity contribution in [3.05, 3.63) is 42.2 Å². The van der Waals surface area contributed by atoms with E-state index >= 15 is 0 Å². The lowest BCUT2D eigenvalue weighted by Crippen LogP contribution is -2.24. The van der Waals surface area contributed by atoms with Crippen LogP contribution in [0.25, 0.3) is 17.2 Å². The highest BCUT2D eigenvalue weighted by molar-refractivity contribution is 7.71. The number of nitrogens with one attached hydrogen (secondary N) is 2. The molecule has 0 unspecified atom stereocenters. The summed E-state index contributed by atoms with van der Waals surface area (Å²) in [6.07, 6.45) is 4.85. The molecular formula is C17H18N2O5S. The summed E-state index contributed by atoms with van der Waals surface area (Å²) < 4.78 is 11.1. The van der Waals surface area contributed by atoms with Crippen LogP contribution in [0.15, 0.2) is 19.6 Å². The van der Waals surface area contributed by atoms with E-state index in [4.69, 9.17) is 21.4 Å². The number of unbranched alkanes of at least 4 members (excludes halogenated alkanes) is 2. The van der Waals surface area contributed by atoms with Gasteiger partial charge in [0.05, 0.1) is 12.2 Å². The molecule has 0 amide bonds. The minimum absolute atomic E-state index is 0.0283. The molecule has 0 fully saturated rings. The first kappa shape index (κ1) is 17.5. The van der Waals surface area contributed by atoms with Gasteiger partial charge in [0.25, 0.3) is 5.56 Å². The van der Waals surface area contributed by atoms with Gasteiger partial charge in [-0.15, -0.1) is 0 Å². The average Bonchev–Trinajstić information content (AvgIpc) is 2.55. The van der Waals surface area contributed by atoms with E-state index in [2.05, 4.69) is 16.9 Å². The molecule has 1 aliphatic carbocycles. The first-order chi connectivity index (χ1) is 12.0. The van der Waals surface area contributed by atoms with E-state index in [1.54, 1.807) is 6.08 Å². The van der Waals surface area contributed by atoms with Crippen LogP contribution in [0.1, 0.15) is 48.7 Å². The Kier molecular flexibility index (Phi) is 5.10. The summed E-state index contributed by atoms with van der Waals surface area (Å²) in [6, 6.07) is 0. The van der Waals surface area contributed by atoms with Crippen molar-refractivity contribution in [3.8, 4) is 0 Å². The second-order valence-electron chi connectivity index (χ2n) is 5.95. The molecule has 1 aliphatic rings. The first-order valence-corrected chi connectivity index (χ1v) is 8.56. The van der Waals surface area contributed by atoms with Crippen molar-refractivity contribution in [2.45, 2.75) is 32.6 Å². The Labute approximate surface area is 147 Å². The van der Waals surface area contributed by atoms with Gasteiger partial charge in [0.15, 0.2) is 10.5 Å². The van der Waals surface area contributed by atoms with Gasteiger partial charge in [0.2, 0.25) is 16.9 Å². The molecule has 0 bridgehead atoms. The molecule has 2 aromatic rings. The van der Waals surface area contributed by atoms with E-state index < -0.39 is 11.0 Å². The summed E-state index contributed by atoms with van der Waals surface area (Å²) in [5.74, 6) is -0.369. The zero-order chi connectivity index (χ0) is 18.0. The fourth-order valence-corrected chi connectivity index (χ4v) is 2.96. The van der Waals surface area contributed by atoms with Crippen LogP contribution in [0.4, 0.5) is 0 Å². The summed E-state index contributed by atoms with van der Waals surface area (Å²) in [7, 11) is 0. The molecule has 8 heteroatoms. The molecule has 0 aromatic carbocycles. The maximum atomic E-state index is 12.6. The Bertz CT molecular complexity index is 1030. The highest BCUT2D eigenvalue weighted by Gasteiger charge is 2.26. The van der Waals surface area contributed by atoms with E-state index in [-0.39, 0.29) is 46.0 Å². The number of rotatable bonds is 6. The van der Waals surface area contributed by atoms with Crippen molar-refractivity contribution in [3.63, 3.8) is 0 Å². The molecule has 25 heavy (non-hydrogen) atoms. The van der Waals surface area contributed by atoms with E-state index in [0.717, 1.165) is 19.3 Å². The number of hydrogen-bond acceptors (Lipinski definition) is 6. The Morgan fingerprint density at radius 2 is 2.04 bits per heavy atom. The standard InChI is InChI=1S/C17H18N2O5S/c1-2-3-4-5-23-8-9-6-10-13(21)12-15(22)18-17(25)19-16(12)24-14(10)11(20)7-9/h6H,2-5,7-8H2,1H3,(H2,18,19,22,25). The van der Waals surface area contributed by atoms with Crippen LogP contribution in [0.2, 0.25) is 0 Å². The number of Topliss-reactive ketones (excluding diaryl/α,β-unsaturated/α-hetero) is 1. The first-order valence-electron chi connectivity index (χ1n) is 8.15. The molecule has 2 aromatic heterocycles. The monoisotopic (exact) mass is 362 g/mol. The van der Waals surface area contributed by atoms with Crippen molar-refractivity contribution in [2.24, 2.45) is 0 Å². The van der Waals surface area contributed by atoms with Gasteiger partial charge in [-0.1, -0.05) is 19.8 Å². The molecule has 3 rings (SSSR count). The van der Waals surface area contributed by atoms with Gasteiger partial charge in [0, 0.05) is 13.0 Å². The van der Waals surface area contributed by atoms with Crippen LogP contribution in [0.3, 0.4) is 0 Å². The average molecular weight is 362 g/mol. The number of H-pyrrole nitrogens is 2. The number of carbonyl (C=O) groups excluding carboxylic acids is 1.